The number of piperidine rings is 1. The molecule has 4 aromatic rings. The number of fused-ring (bicyclic) bond motifs is 1. The van der Waals surface area contributed by atoms with Crippen molar-refractivity contribution in [3.63, 3.8) is 0 Å². The number of imidazole rings is 1. The molecular formula is C29H36N8O4S. The molecule has 13 heteroatoms. The van der Waals surface area contributed by atoms with Gasteiger partial charge in [-0.1, -0.05) is 6.07 Å². The van der Waals surface area contributed by atoms with Crippen LogP contribution in [0, 0.1) is 0 Å². The highest BCUT2D eigenvalue weighted by molar-refractivity contribution is 7.86. The van der Waals surface area contributed by atoms with Crippen molar-refractivity contribution in [2.75, 3.05) is 53.5 Å². The number of benzene rings is 1. The van der Waals surface area contributed by atoms with Crippen LogP contribution >= 0.6 is 0 Å². The molecule has 2 fully saturated rings. The molecule has 0 unspecified atom stereocenters. The first-order valence-electron chi connectivity index (χ1n) is 14.2. The summed E-state index contributed by atoms with van der Waals surface area (Å²) in [6.45, 7) is 4.14. The van der Waals surface area contributed by atoms with Crippen LogP contribution in [0.3, 0.4) is 0 Å². The maximum atomic E-state index is 13.2. The van der Waals surface area contributed by atoms with Gasteiger partial charge in [-0.3, -0.25) is 9.88 Å². The molecule has 3 aromatic heterocycles. The Morgan fingerprint density at radius 2 is 1.76 bits per heavy atom. The van der Waals surface area contributed by atoms with Gasteiger partial charge in [0.05, 0.1) is 30.4 Å². The molecule has 0 radical (unpaired) electrons. The van der Waals surface area contributed by atoms with E-state index in [0.29, 0.717) is 51.4 Å². The lowest BCUT2D eigenvalue weighted by molar-refractivity contribution is 0.0583. The van der Waals surface area contributed by atoms with Crippen molar-refractivity contribution in [3.05, 3.63) is 66.1 Å². The van der Waals surface area contributed by atoms with E-state index in [1.54, 1.807) is 29.0 Å². The Morgan fingerprint density at radius 1 is 0.976 bits per heavy atom. The average Bonchev–Trinajstić information content (AvgIpc) is 3.43. The number of H-pyrrole nitrogens is 1. The molecule has 0 saturated carbocycles. The Morgan fingerprint density at radius 3 is 2.52 bits per heavy atom. The van der Waals surface area contributed by atoms with Crippen LogP contribution in [-0.4, -0.2) is 106 Å². The molecule has 0 spiro atoms. The standard InChI is InChI=1S/C29H36N8O4S/c1-40-24-6-9-36(10-7-24)42(38,39)37-13-11-35(12-14-37)19-21-5-8-31-23(15-21)17-28-33-25-4-3-22(16-26(25)34-28)29-27(41-2)18-30-20-32-29/h3-5,8,15-16,18,20,24H,6-7,9-14,17,19H2,1-2H3,(H,33,34). The Bertz CT molecular complexity index is 1630. The van der Waals surface area contributed by atoms with Gasteiger partial charge in [0.1, 0.15) is 17.8 Å². The number of nitrogens with one attached hydrogen (secondary N) is 1. The predicted molar refractivity (Wildman–Crippen MR) is 158 cm³/mol. The third kappa shape index (κ3) is 6.15. The molecule has 2 aliphatic rings. The second-order valence-electron chi connectivity index (χ2n) is 10.7. The maximum Gasteiger partial charge on any atom is 0.282 e. The fourth-order valence-electron chi connectivity index (χ4n) is 5.71. The van der Waals surface area contributed by atoms with Crippen LogP contribution in [0.1, 0.15) is 29.9 Å². The number of ether oxygens (including phenoxy) is 2. The van der Waals surface area contributed by atoms with Crippen molar-refractivity contribution in [2.45, 2.75) is 31.9 Å². The quantitative estimate of drug-likeness (QED) is 0.312. The number of piperazine rings is 1. The van der Waals surface area contributed by atoms with Crippen LogP contribution in [0.4, 0.5) is 0 Å². The van der Waals surface area contributed by atoms with Crippen LogP contribution in [0.2, 0.25) is 0 Å². The number of aromatic amines is 1. The van der Waals surface area contributed by atoms with Gasteiger partial charge in [-0.2, -0.15) is 17.0 Å². The van der Waals surface area contributed by atoms with E-state index < -0.39 is 10.2 Å². The molecule has 0 bridgehead atoms. The molecule has 0 amide bonds. The zero-order valence-corrected chi connectivity index (χ0v) is 24.8. The molecule has 0 aliphatic carbocycles. The number of pyridine rings is 1. The minimum atomic E-state index is -3.44. The van der Waals surface area contributed by atoms with Crippen molar-refractivity contribution in [2.24, 2.45) is 0 Å². The monoisotopic (exact) mass is 592 g/mol. The van der Waals surface area contributed by atoms with Crippen molar-refractivity contribution in [3.8, 4) is 17.0 Å². The van der Waals surface area contributed by atoms with Crippen molar-refractivity contribution in [1.29, 1.82) is 0 Å². The Hall–Kier alpha value is -3.49. The van der Waals surface area contributed by atoms with E-state index >= 15 is 0 Å². The lowest BCUT2D eigenvalue weighted by Gasteiger charge is -2.38. The second kappa shape index (κ2) is 12.4. The molecule has 42 heavy (non-hydrogen) atoms. The number of aromatic nitrogens is 5. The minimum Gasteiger partial charge on any atom is -0.493 e. The molecule has 2 aliphatic heterocycles. The van der Waals surface area contributed by atoms with Gasteiger partial charge < -0.3 is 14.5 Å². The van der Waals surface area contributed by atoms with Crippen LogP contribution in [0.15, 0.2) is 49.1 Å². The van der Waals surface area contributed by atoms with Crippen LogP contribution in [0.25, 0.3) is 22.3 Å². The molecule has 222 valence electrons. The summed E-state index contributed by atoms with van der Waals surface area (Å²) in [4.78, 5) is 23.5. The SMILES string of the molecule is COc1cncnc1-c1ccc2nc(Cc3cc(CN4CCN(S(=O)(=O)N5CCC(OC)CC5)CC4)ccn3)[nH]c2c1. The number of nitrogens with zero attached hydrogens (tertiary/aromatic N) is 7. The number of rotatable bonds is 9. The van der Waals surface area contributed by atoms with Gasteiger partial charge in [0.15, 0.2) is 5.75 Å². The van der Waals surface area contributed by atoms with E-state index in [-0.39, 0.29) is 6.10 Å². The highest BCUT2D eigenvalue weighted by atomic mass is 32.2. The molecule has 1 N–H and O–H groups in total. The van der Waals surface area contributed by atoms with Gasteiger partial charge in [-0.25, -0.2) is 15.0 Å². The zero-order chi connectivity index (χ0) is 29.1. The molecule has 12 nitrogen and oxygen atoms in total. The van der Waals surface area contributed by atoms with Crippen LogP contribution in [0.5, 0.6) is 5.75 Å². The van der Waals surface area contributed by atoms with E-state index in [0.717, 1.165) is 58.8 Å². The van der Waals surface area contributed by atoms with Crippen molar-refractivity contribution in [1.82, 2.24) is 38.4 Å². The third-order valence-corrected chi connectivity index (χ3v) is 10.1. The lowest BCUT2D eigenvalue weighted by atomic mass is 10.1. The minimum absolute atomic E-state index is 0.151. The van der Waals surface area contributed by atoms with Gasteiger partial charge in [-0.05, 0) is 42.7 Å². The molecule has 6 rings (SSSR count). The molecule has 0 atom stereocenters. The summed E-state index contributed by atoms with van der Waals surface area (Å²) >= 11 is 0. The number of hydrogen-bond donors (Lipinski definition) is 1. The molecule has 2 saturated heterocycles. The smallest absolute Gasteiger partial charge is 0.282 e. The number of methoxy groups -OCH3 is 2. The van der Waals surface area contributed by atoms with Gasteiger partial charge >= 0.3 is 0 Å². The van der Waals surface area contributed by atoms with E-state index in [2.05, 4.69) is 30.9 Å². The highest BCUT2D eigenvalue weighted by Gasteiger charge is 2.34. The first-order valence-corrected chi connectivity index (χ1v) is 15.6. The third-order valence-electron chi connectivity index (χ3n) is 8.06. The summed E-state index contributed by atoms with van der Waals surface area (Å²) in [7, 11) is -0.141. The van der Waals surface area contributed by atoms with Gasteiger partial charge in [0, 0.05) is 76.8 Å². The lowest BCUT2D eigenvalue weighted by Crippen LogP contribution is -2.54. The van der Waals surface area contributed by atoms with E-state index in [4.69, 9.17) is 14.5 Å². The largest absolute Gasteiger partial charge is 0.493 e. The van der Waals surface area contributed by atoms with Crippen LogP contribution < -0.4 is 4.74 Å². The summed E-state index contributed by atoms with van der Waals surface area (Å²) in [6.07, 6.45) is 7.20. The normalized spacial score (nSPS) is 18.0. The van der Waals surface area contributed by atoms with Crippen molar-refractivity contribution < 1.29 is 17.9 Å². The first kappa shape index (κ1) is 28.6. The van der Waals surface area contributed by atoms with E-state index in [1.165, 1.54) is 6.33 Å². The summed E-state index contributed by atoms with van der Waals surface area (Å²) in [6, 6.07) is 10.1. The Balaban J connectivity index is 1.07. The maximum absolute atomic E-state index is 13.2. The van der Waals surface area contributed by atoms with Gasteiger partial charge in [0.2, 0.25) is 0 Å². The van der Waals surface area contributed by atoms with Crippen LogP contribution in [-0.2, 0) is 27.9 Å². The fourth-order valence-corrected chi connectivity index (χ4v) is 7.33. The molecular weight excluding hydrogens is 556 g/mol. The zero-order valence-electron chi connectivity index (χ0n) is 23.9. The number of hydrogen-bond acceptors (Lipinski definition) is 9. The predicted octanol–water partition coefficient (Wildman–Crippen LogP) is 2.49. The van der Waals surface area contributed by atoms with Gasteiger partial charge in [0.25, 0.3) is 10.2 Å². The van der Waals surface area contributed by atoms with Gasteiger partial charge in [-0.15, -0.1) is 0 Å². The van der Waals surface area contributed by atoms with Crippen molar-refractivity contribution >= 4 is 21.2 Å². The topological polar surface area (TPSA) is 130 Å². The fraction of sp³-hybridized carbons (Fsp3) is 0.448. The summed E-state index contributed by atoms with van der Waals surface area (Å²) < 4.78 is 40.4. The first-order chi connectivity index (χ1) is 20.4. The molecule has 1 aromatic carbocycles. The summed E-state index contributed by atoms with van der Waals surface area (Å²) in [5.41, 5.74) is 5.49. The Labute approximate surface area is 245 Å². The second-order valence-corrected chi connectivity index (χ2v) is 12.6. The van der Waals surface area contributed by atoms with E-state index in [1.807, 2.05) is 30.5 Å². The average molecular weight is 593 g/mol. The molecule has 5 heterocycles. The Kier molecular flexibility index (Phi) is 8.45. The highest BCUT2D eigenvalue weighted by Crippen LogP contribution is 2.29. The van der Waals surface area contributed by atoms with E-state index in [9.17, 15) is 8.42 Å². The summed E-state index contributed by atoms with van der Waals surface area (Å²) in [5.74, 6) is 1.44. The summed E-state index contributed by atoms with van der Waals surface area (Å²) in [5, 5.41) is 0.